The highest BCUT2D eigenvalue weighted by Crippen LogP contribution is 2.18. The molecule has 3 N–H and O–H groups in total. The molecular weight excluding hydrogens is 448 g/mol. The lowest BCUT2D eigenvalue weighted by Crippen LogP contribution is -2.32. The number of nitrogens with one attached hydrogen (secondary N) is 3. The standard InChI is InChI=1S/C26H26N4O5/c1-17-8-9-18(2)22(14-17)29-24(31)16-35-23-7-5-4-6-19(23)15-27-30-26(33)25(32)28-20-10-12-21(34-3)13-11-20/h4-15H,16H2,1-3H3,(H,28,32)(H,29,31)(H,30,33)/b27-15-. The number of carbonyl (C=O) groups excluding carboxylic acids is 3. The number of anilines is 2. The average Bonchev–Trinajstić information content (AvgIpc) is 2.86. The smallest absolute Gasteiger partial charge is 0.329 e. The number of methoxy groups -OCH3 is 1. The maximum Gasteiger partial charge on any atom is 0.329 e. The van der Waals surface area contributed by atoms with Gasteiger partial charge in [-0.3, -0.25) is 14.4 Å². The molecule has 180 valence electrons. The molecule has 0 saturated carbocycles. The molecule has 0 aromatic heterocycles. The van der Waals surface area contributed by atoms with Crippen molar-refractivity contribution in [3.8, 4) is 11.5 Å². The molecule has 0 radical (unpaired) electrons. The van der Waals surface area contributed by atoms with E-state index in [9.17, 15) is 14.4 Å². The fourth-order valence-corrected chi connectivity index (χ4v) is 2.99. The lowest BCUT2D eigenvalue weighted by atomic mass is 10.1. The van der Waals surface area contributed by atoms with Crippen LogP contribution in [0.5, 0.6) is 11.5 Å². The summed E-state index contributed by atoms with van der Waals surface area (Å²) in [5.41, 5.74) is 5.83. The van der Waals surface area contributed by atoms with E-state index in [-0.39, 0.29) is 12.5 Å². The summed E-state index contributed by atoms with van der Waals surface area (Å²) in [6, 6.07) is 19.2. The van der Waals surface area contributed by atoms with Crippen molar-refractivity contribution in [1.29, 1.82) is 0 Å². The molecule has 0 spiro atoms. The first kappa shape index (κ1) is 25.0. The fraction of sp³-hybridized carbons (Fsp3) is 0.154. The van der Waals surface area contributed by atoms with Crippen molar-refractivity contribution in [2.45, 2.75) is 13.8 Å². The molecule has 0 heterocycles. The number of ether oxygens (including phenoxy) is 2. The Morgan fingerprint density at radius 3 is 2.40 bits per heavy atom. The van der Waals surface area contributed by atoms with E-state index in [0.29, 0.717) is 22.7 Å². The summed E-state index contributed by atoms with van der Waals surface area (Å²) in [5, 5.41) is 9.12. The van der Waals surface area contributed by atoms with Gasteiger partial charge in [0.2, 0.25) is 0 Å². The zero-order chi connectivity index (χ0) is 25.2. The molecule has 3 aromatic rings. The molecular formula is C26H26N4O5. The predicted octanol–water partition coefficient (Wildman–Crippen LogP) is 3.42. The first-order valence-electron chi connectivity index (χ1n) is 10.7. The van der Waals surface area contributed by atoms with Gasteiger partial charge >= 0.3 is 11.8 Å². The van der Waals surface area contributed by atoms with Crippen molar-refractivity contribution in [2.75, 3.05) is 24.4 Å². The lowest BCUT2D eigenvalue weighted by molar-refractivity contribution is -0.136. The van der Waals surface area contributed by atoms with Crippen LogP contribution < -0.4 is 25.5 Å². The maximum absolute atomic E-state index is 12.3. The lowest BCUT2D eigenvalue weighted by Gasteiger charge is -2.11. The number of rotatable bonds is 8. The van der Waals surface area contributed by atoms with Gasteiger partial charge in [-0.05, 0) is 67.4 Å². The average molecular weight is 475 g/mol. The quantitative estimate of drug-likeness (QED) is 0.263. The first-order valence-corrected chi connectivity index (χ1v) is 10.7. The van der Waals surface area contributed by atoms with Gasteiger partial charge in [-0.15, -0.1) is 0 Å². The van der Waals surface area contributed by atoms with Gasteiger partial charge in [-0.25, -0.2) is 5.43 Å². The molecule has 0 atom stereocenters. The van der Waals surface area contributed by atoms with Gasteiger partial charge in [0.15, 0.2) is 6.61 Å². The summed E-state index contributed by atoms with van der Waals surface area (Å²) in [4.78, 5) is 36.4. The SMILES string of the molecule is COc1ccc(NC(=O)C(=O)N/N=C\c2ccccc2OCC(=O)Nc2cc(C)ccc2C)cc1. The van der Waals surface area contributed by atoms with Gasteiger partial charge in [-0.1, -0.05) is 24.3 Å². The third-order valence-corrected chi connectivity index (χ3v) is 4.87. The molecule has 0 aliphatic rings. The monoisotopic (exact) mass is 474 g/mol. The highest BCUT2D eigenvalue weighted by Gasteiger charge is 2.13. The molecule has 0 unspecified atom stereocenters. The second-order valence-electron chi connectivity index (χ2n) is 7.57. The van der Waals surface area contributed by atoms with E-state index in [1.807, 2.05) is 32.0 Å². The summed E-state index contributed by atoms with van der Waals surface area (Å²) < 4.78 is 10.7. The fourth-order valence-electron chi connectivity index (χ4n) is 2.99. The number of amides is 3. The number of para-hydroxylation sites is 1. The van der Waals surface area contributed by atoms with Crippen LogP contribution in [0.1, 0.15) is 16.7 Å². The topological polar surface area (TPSA) is 118 Å². The molecule has 0 bridgehead atoms. The summed E-state index contributed by atoms with van der Waals surface area (Å²) >= 11 is 0. The molecule has 9 nitrogen and oxygen atoms in total. The van der Waals surface area contributed by atoms with Crippen LogP contribution >= 0.6 is 0 Å². The Morgan fingerprint density at radius 1 is 0.914 bits per heavy atom. The molecule has 0 aliphatic carbocycles. The Bertz CT molecular complexity index is 1240. The van der Waals surface area contributed by atoms with Crippen LogP contribution in [0, 0.1) is 13.8 Å². The largest absolute Gasteiger partial charge is 0.497 e. The van der Waals surface area contributed by atoms with Crippen molar-refractivity contribution < 1.29 is 23.9 Å². The number of benzene rings is 3. The molecule has 0 aliphatic heterocycles. The number of hydrogen-bond donors (Lipinski definition) is 3. The van der Waals surface area contributed by atoms with E-state index in [1.54, 1.807) is 48.5 Å². The zero-order valence-electron chi connectivity index (χ0n) is 19.6. The normalized spacial score (nSPS) is 10.5. The van der Waals surface area contributed by atoms with Gasteiger partial charge in [0.05, 0.1) is 13.3 Å². The molecule has 3 rings (SSSR count). The van der Waals surface area contributed by atoms with Gasteiger partial charge in [0.1, 0.15) is 11.5 Å². The molecule has 3 aromatic carbocycles. The van der Waals surface area contributed by atoms with Gasteiger partial charge in [0.25, 0.3) is 5.91 Å². The van der Waals surface area contributed by atoms with Crippen molar-refractivity contribution in [3.63, 3.8) is 0 Å². The van der Waals surface area contributed by atoms with Crippen LogP contribution in [0.3, 0.4) is 0 Å². The Labute approximate surface area is 203 Å². The van der Waals surface area contributed by atoms with Gasteiger partial charge in [0, 0.05) is 16.9 Å². The Morgan fingerprint density at radius 2 is 1.66 bits per heavy atom. The van der Waals surface area contributed by atoms with E-state index in [4.69, 9.17) is 9.47 Å². The molecule has 9 heteroatoms. The first-order chi connectivity index (χ1) is 16.9. The van der Waals surface area contributed by atoms with Crippen LogP contribution in [-0.2, 0) is 14.4 Å². The van der Waals surface area contributed by atoms with Crippen LogP contribution in [0.2, 0.25) is 0 Å². The predicted molar refractivity (Wildman–Crippen MR) is 134 cm³/mol. The number of nitrogens with zero attached hydrogens (tertiary/aromatic N) is 1. The van der Waals surface area contributed by atoms with Crippen LogP contribution in [0.25, 0.3) is 0 Å². The third-order valence-electron chi connectivity index (χ3n) is 4.87. The Kier molecular flexibility index (Phi) is 8.55. The van der Waals surface area contributed by atoms with Crippen LogP contribution in [0.4, 0.5) is 11.4 Å². The number of aryl methyl sites for hydroxylation is 2. The Balaban J connectivity index is 1.53. The van der Waals surface area contributed by atoms with Gasteiger partial charge < -0.3 is 20.1 Å². The van der Waals surface area contributed by atoms with Crippen LogP contribution in [-0.4, -0.2) is 37.7 Å². The molecule has 35 heavy (non-hydrogen) atoms. The zero-order valence-corrected chi connectivity index (χ0v) is 19.6. The highest BCUT2D eigenvalue weighted by molar-refractivity contribution is 6.39. The van der Waals surface area contributed by atoms with E-state index in [0.717, 1.165) is 16.8 Å². The highest BCUT2D eigenvalue weighted by atomic mass is 16.5. The van der Waals surface area contributed by atoms with E-state index < -0.39 is 11.8 Å². The van der Waals surface area contributed by atoms with E-state index in [2.05, 4.69) is 21.2 Å². The number of carbonyl (C=O) groups is 3. The summed E-state index contributed by atoms with van der Waals surface area (Å²) in [7, 11) is 1.53. The summed E-state index contributed by atoms with van der Waals surface area (Å²) in [6.07, 6.45) is 1.33. The van der Waals surface area contributed by atoms with Crippen molar-refractivity contribution >= 4 is 35.3 Å². The Hall–Kier alpha value is -4.66. The number of hydrazone groups is 1. The van der Waals surface area contributed by atoms with Gasteiger partial charge in [-0.2, -0.15) is 5.10 Å². The minimum atomic E-state index is -0.941. The van der Waals surface area contributed by atoms with E-state index >= 15 is 0 Å². The van der Waals surface area contributed by atoms with E-state index in [1.165, 1.54) is 13.3 Å². The molecule has 0 fully saturated rings. The van der Waals surface area contributed by atoms with Crippen LogP contribution in [0.15, 0.2) is 71.8 Å². The van der Waals surface area contributed by atoms with Crippen molar-refractivity contribution in [2.24, 2.45) is 5.10 Å². The summed E-state index contributed by atoms with van der Waals surface area (Å²) in [6.45, 7) is 3.64. The number of hydrogen-bond acceptors (Lipinski definition) is 6. The molecule has 3 amide bonds. The third kappa shape index (κ3) is 7.43. The van der Waals surface area contributed by atoms with Crippen molar-refractivity contribution in [1.82, 2.24) is 5.43 Å². The second kappa shape index (κ2) is 12.0. The molecule has 0 saturated heterocycles. The summed E-state index contributed by atoms with van der Waals surface area (Å²) in [5.74, 6) is -1.11. The maximum atomic E-state index is 12.3. The minimum Gasteiger partial charge on any atom is -0.497 e. The second-order valence-corrected chi connectivity index (χ2v) is 7.57. The minimum absolute atomic E-state index is 0.213. The van der Waals surface area contributed by atoms with Crippen molar-refractivity contribution in [3.05, 3.63) is 83.4 Å².